The summed E-state index contributed by atoms with van der Waals surface area (Å²) >= 11 is 6.20. The van der Waals surface area contributed by atoms with Crippen LogP contribution >= 0.6 is 11.6 Å². The molecule has 244 valence electrons. The van der Waals surface area contributed by atoms with Crippen molar-refractivity contribution in [3.8, 4) is 22.6 Å². The van der Waals surface area contributed by atoms with Gasteiger partial charge in [-0.15, -0.1) is 0 Å². The number of halogens is 1. The average Bonchev–Trinajstić information content (AvgIpc) is 3.38. The summed E-state index contributed by atoms with van der Waals surface area (Å²) in [5.74, 6) is 2.99. The van der Waals surface area contributed by atoms with Crippen LogP contribution in [0.4, 0.5) is 11.5 Å². The van der Waals surface area contributed by atoms with Crippen molar-refractivity contribution in [2.75, 3.05) is 50.8 Å². The van der Waals surface area contributed by atoms with Gasteiger partial charge in [-0.3, -0.25) is 14.5 Å². The fourth-order valence-corrected chi connectivity index (χ4v) is 7.28. The van der Waals surface area contributed by atoms with E-state index in [1.54, 1.807) is 12.0 Å². The fraction of sp³-hybridized carbons (Fsp3) is 0.472. The van der Waals surface area contributed by atoms with E-state index in [4.69, 9.17) is 26.1 Å². The molecule has 2 fully saturated rings. The fourth-order valence-electron chi connectivity index (χ4n) is 7.16. The maximum atomic E-state index is 13.7. The Labute approximate surface area is 277 Å². The molecule has 1 aromatic heterocycles. The number of nitrogens with zero attached hydrogens (tertiary/aromatic N) is 5. The Morgan fingerprint density at radius 2 is 1.76 bits per heavy atom. The molecule has 0 N–H and O–H groups in total. The summed E-state index contributed by atoms with van der Waals surface area (Å²) in [5.41, 5.74) is 4.52. The van der Waals surface area contributed by atoms with Gasteiger partial charge in [0.05, 0.1) is 51.3 Å². The summed E-state index contributed by atoms with van der Waals surface area (Å²) in [6.45, 7) is 6.62. The molecule has 9 nitrogen and oxygen atoms in total. The van der Waals surface area contributed by atoms with Gasteiger partial charge >= 0.3 is 0 Å². The smallest absolute Gasteiger partial charge is 0.237 e. The van der Waals surface area contributed by atoms with Crippen molar-refractivity contribution < 1.29 is 19.1 Å². The van der Waals surface area contributed by atoms with E-state index in [1.165, 1.54) is 0 Å². The number of likely N-dealkylation sites (N-methyl/N-ethyl adjacent to an activating group) is 1. The number of hydrogen-bond donors (Lipinski definition) is 0. The minimum Gasteiger partial charge on any atom is -0.492 e. The standard InChI is InChI=1S/C36H44ClN5O4/c1-23(2)46-31-16-26-20-42(33(43)17-30(26)35(36(31)45-5)25-8-10-27(37)11-9-25)29-14-15-32(38-18-29)39(3)19-24-6-12-28(13-7-24)41-21-34(44)40(4)22-41/h8-11,14-16,18,23-24,28H,6-7,12-13,17,19-22H2,1-5H3. The number of rotatable bonds is 9. The molecular formula is C36H44ClN5O4. The van der Waals surface area contributed by atoms with Crippen LogP contribution in [0.2, 0.25) is 5.02 Å². The molecule has 3 aliphatic rings. The first-order chi connectivity index (χ1) is 22.1. The van der Waals surface area contributed by atoms with Gasteiger partial charge in [-0.1, -0.05) is 23.7 Å². The topological polar surface area (TPSA) is 78.5 Å². The van der Waals surface area contributed by atoms with Crippen LogP contribution in [0.1, 0.15) is 50.7 Å². The molecule has 10 heteroatoms. The van der Waals surface area contributed by atoms with Crippen LogP contribution < -0.4 is 19.3 Å². The first-order valence-electron chi connectivity index (χ1n) is 16.2. The van der Waals surface area contributed by atoms with Crippen LogP contribution in [-0.2, 0) is 22.6 Å². The molecule has 2 aliphatic heterocycles. The van der Waals surface area contributed by atoms with Crippen LogP contribution in [0.25, 0.3) is 11.1 Å². The molecule has 1 aliphatic carbocycles. The van der Waals surface area contributed by atoms with Gasteiger partial charge < -0.3 is 24.2 Å². The number of methoxy groups -OCH3 is 1. The molecule has 0 spiro atoms. The van der Waals surface area contributed by atoms with E-state index in [9.17, 15) is 9.59 Å². The van der Waals surface area contributed by atoms with E-state index in [0.29, 0.717) is 41.6 Å². The number of pyridine rings is 1. The molecule has 0 atom stereocenters. The highest BCUT2D eigenvalue weighted by molar-refractivity contribution is 6.30. The third-order valence-corrected chi connectivity index (χ3v) is 9.81. The molecule has 0 unspecified atom stereocenters. The highest BCUT2D eigenvalue weighted by atomic mass is 35.5. The highest BCUT2D eigenvalue weighted by Gasteiger charge is 2.34. The van der Waals surface area contributed by atoms with Crippen molar-refractivity contribution in [3.63, 3.8) is 0 Å². The summed E-state index contributed by atoms with van der Waals surface area (Å²) in [6.07, 6.45) is 6.54. The number of aromatic nitrogens is 1. The van der Waals surface area contributed by atoms with Crippen LogP contribution in [0.5, 0.6) is 11.5 Å². The van der Waals surface area contributed by atoms with E-state index in [1.807, 2.05) is 74.5 Å². The Kier molecular flexibility index (Phi) is 9.43. The molecule has 0 radical (unpaired) electrons. The molecule has 3 heterocycles. The number of fused-ring (bicyclic) bond motifs is 1. The van der Waals surface area contributed by atoms with E-state index in [2.05, 4.69) is 16.8 Å². The van der Waals surface area contributed by atoms with E-state index >= 15 is 0 Å². The number of carbonyl (C=O) groups is 2. The van der Waals surface area contributed by atoms with Crippen LogP contribution in [0, 0.1) is 5.92 Å². The van der Waals surface area contributed by atoms with Gasteiger partial charge in [-0.05, 0) is 92.5 Å². The molecule has 2 aromatic carbocycles. The zero-order chi connectivity index (χ0) is 32.5. The Hall–Kier alpha value is -3.82. The summed E-state index contributed by atoms with van der Waals surface area (Å²) in [7, 11) is 5.61. The molecule has 1 saturated carbocycles. The Morgan fingerprint density at radius 1 is 1.02 bits per heavy atom. The number of hydrogen-bond acceptors (Lipinski definition) is 7. The van der Waals surface area contributed by atoms with E-state index in [-0.39, 0.29) is 24.3 Å². The van der Waals surface area contributed by atoms with Crippen molar-refractivity contribution in [1.29, 1.82) is 0 Å². The minimum absolute atomic E-state index is 0.00727. The second-order valence-corrected chi connectivity index (χ2v) is 13.6. The quantitative estimate of drug-likeness (QED) is 0.282. The van der Waals surface area contributed by atoms with Crippen LogP contribution in [0.15, 0.2) is 48.7 Å². The molecule has 1 saturated heterocycles. The van der Waals surface area contributed by atoms with Crippen molar-refractivity contribution in [2.24, 2.45) is 5.92 Å². The summed E-state index contributed by atoms with van der Waals surface area (Å²) in [4.78, 5) is 38.6. The van der Waals surface area contributed by atoms with Gasteiger partial charge in [0.2, 0.25) is 11.8 Å². The van der Waals surface area contributed by atoms with Gasteiger partial charge in [0.25, 0.3) is 0 Å². The van der Waals surface area contributed by atoms with Crippen LogP contribution in [0.3, 0.4) is 0 Å². The number of benzene rings is 2. The molecule has 2 amide bonds. The predicted molar refractivity (Wildman–Crippen MR) is 182 cm³/mol. The molecule has 6 rings (SSSR count). The Balaban J connectivity index is 1.16. The number of carbonyl (C=O) groups excluding carboxylic acids is 2. The first-order valence-corrected chi connectivity index (χ1v) is 16.6. The zero-order valence-electron chi connectivity index (χ0n) is 27.5. The number of anilines is 2. The van der Waals surface area contributed by atoms with Gasteiger partial charge in [-0.25, -0.2) is 4.98 Å². The summed E-state index contributed by atoms with van der Waals surface area (Å²) in [6, 6.07) is 14.1. The second kappa shape index (κ2) is 13.5. The minimum atomic E-state index is -0.0483. The summed E-state index contributed by atoms with van der Waals surface area (Å²) in [5, 5.41) is 0.645. The lowest BCUT2D eigenvalue weighted by Crippen LogP contribution is -2.39. The lowest BCUT2D eigenvalue weighted by molar-refractivity contribution is -0.125. The Morgan fingerprint density at radius 3 is 2.37 bits per heavy atom. The van der Waals surface area contributed by atoms with Gasteiger partial charge in [0, 0.05) is 37.3 Å². The van der Waals surface area contributed by atoms with Gasteiger partial charge in [0.1, 0.15) is 5.82 Å². The van der Waals surface area contributed by atoms with Crippen molar-refractivity contribution in [3.05, 3.63) is 64.8 Å². The lowest BCUT2D eigenvalue weighted by atomic mass is 9.85. The second-order valence-electron chi connectivity index (χ2n) is 13.2. The normalized spacial score (nSPS) is 20.3. The molecule has 3 aromatic rings. The molecule has 46 heavy (non-hydrogen) atoms. The third kappa shape index (κ3) is 6.67. The van der Waals surface area contributed by atoms with Gasteiger partial charge in [-0.2, -0.15) is 0 Å². The van der Waals surface area contributed by atoms with Crippen molar-refractivity contribution in [2.45, 2.75) is 64.6 Å². The first kappa shape index (κ1) is 32.1. The zero-order valence-corrected chi connectivity index (χ0v) is 28.2. The SMILES string of the molecule is COc1c(OC(C)C)cc2c(c1-c1ccc(Cl)cc1)CC(=O)N(c1ccc(N(C)CC3CCC(N4CC(=O)N(C)C4)CC3)nc1)C2. The van der Waals surface area contributed by atoms with E-state index in [0.717, 1.165) is 72.7 Å². The largest absolute Gasteiger partial charge is 0.492 e. The molecule has 0 bridgehead atoms. The summed E-state index contributed by atoms with van der Waals surface area (Å²) < 4.78 is 12.1. The maximum Gasteiger partial charge on any atom is 0.237 e. The lowest BCUT2D eigenvalue weighted by Gasteiger charge is -2.35. The van der Waals surface area contributed by atoms with Crippen molar-refractivity contribution >= 4 is 34.9 Å². The third-order valence-electron chi connectivity index (χ3n) is 9.56. The van der Waals surface area contributed by atoms with Crippen LogP contribution in [-0.4, -0.2) is 79.7 Å². The average molecular weight is 646 g/mol. The number of amides is 2. The maximum absolute atomic E-state index is 13.7. The monoisotopic (exact) mass is 645 g/mol. The Bertz CT molecular complexity index is 1570. The van der Waals surface area contributed by atoms with E-state index < -0.39 is 0 Å². The predicted octanol–water partition coefficient (Wildman–Crippen LogP) is 6.01. The van der Waals surface area contributed by atoms with Crippen molar-refractivity contribution in [1.82, 2.24) is 14.8 Å². The highest BCUT2D eigenvalue weighted by Crippen LogP contribution is 2.45. The van der Waals surface area contributed by atoms with Gasteiger partial charge in [0.15, 0.2) is 11.5 Å². The number of ether oxygens (including phenoxy) is 2. The molecular weight excluding hydrogens is 602 g/mol.